The fraction of sp³-hybridized carbons (Fsp3) is 0.967. The molecule has 0 unspecified atom stereocenters. The largest absolute Gasteiger partial charge is 0.328 e. The molecule has 0 bridgehead atoms. The lowest BCUT2D eigenvalue weighted by atomic mass is 10.0. The van der Waals surface area contributed by atoms with Crippen molar-refractivity contribution in [1.29, 1.82) is 0 Å². The third-order valence-electron chi connectivity index (χ3n) is 7.13. The molecule has 1 nitrogen and oxygen atoms in total. The zero-order chi connectivity index (χ0) is 22.9. The first-order valence-electron chi connectivity index (χ1n) is 14.7. The maximum Gasteiger partial charge on any atom is 0.0782 e. The minimum absolute atomic E-state index is 1.10. The molecular formula is C30H63N+. The maximum absolute atomic E-state index is 3.95. The van der Waals surface area contributed by atoms with Gasteiger partial charge in [-0.15, -0.1) is 0 Å². The number of rotatable bonds is 26. The van der Waals surface area contributed by atoms with Gasteiger partial charge in [-0.05, 0) is 25.7 Å². The monoisotopic (exact) mass is 437 g/mol. The van der Waals surface area contributed by atoms with E-state index in [4.69, 9.17) is 0 Å². The van der Waals surface area contributed by atoms with Crippen LogP contribution in [0.15, 0.2) is 0 Å². The molecule has 0 saturated carbocycles. The third-order valence-corrected chi connectivity index (χ3v) is 7.13. The van der Waals surface area contributed by atoms with Gasteiger partial charge in [0.2, 0.25) is 0 Å². The van der Waals surface area contributed by atoms with Crippen molar-refractivity contribution in [3.8, 4) is 0 Å². The smallest absolute Gasteiger partial charge is 0.0782 e. The van der Waals surface area contributed by atoms with Crippen LogP contribution in [-0.4, -0.2) is 31.7 Å². The van der Waals surface area contributed by atoms with E-state index < -0.39 is 0 Å². The molecule has 0 atom stereocenters. The lowest BCUT2D eigenvalue weighted by Crippen LogP contribution is -2.41. The van der Waals surface area contributed by atoms with Crippen molar-refractivity contribution < 1.29 is 4.48 Å². The van der Waals surface area contributed by atoms with E-state index in [-0.39, 0.29) is 0 Å². The molecule has 31 heavy (non-hydrogen) atoms. The first kappa shape index (κ1) is 31.0. The number of quaternary nitrogens is 1. The first-order chi connectivity index (χ1) is 15.1. The van der Waals surface area contributed by atoms with E-state index in [0.29, 0.717) is 0 Å². The molecule has 0 aromatic rings. The molecule has 0 aromatic heterocycles. The molecule has 0 fully saturated rings. The minimum Gasteiger partial charge on any atom is -0.328 e. The van der Waals surface area contributed by atoms with Crippen LogP contribution in [0.5, 0.6) is 0 Å². The van der Waals surface area contributed by atoms with Crippen molar-refractivity contribution in [1.82, 2.24) is 0 Å². The number of nitrogens with zero attached hydrogens (tertiary/aromatic N) is 1. The average molecular weight is 438 g/mol. The summed E-state index contributed by atoms with van der Waals surface area (Å²) in [5.74, 6) is 0. The summed E-state index contributed by atoms with van der Waals surface area (Å²) in [5.41, 5.74) is 0. The van der Waals surface area contributed by atoms with Crippen molar-refractivity contribution in [3.63, 3.8) is 0 Å². The van der Waals surface area contributed by atoms with E-state index in [1.807, 2.05) is 0 Å². The van der Waals surface area contributed by atoms with Crippen LogP contribution in [0.1, 0.15) is 161 Å². The van der Waals surface area contributed by atoms with Gasteiger partial charge in [0, 0.05) is 0 Å². The third kappa shape index (κ3) is 26.1. The van der Waals surface area contributed by atoms with E-state index in [1.54, 1.807) is 0 Å². The van der Waals surface area contributed by atoms with Crippen molar-refractivity contribution >= 4 is 0 Å². The van der Waals surface area contributed by atoms with Crippen LogP contribution in [0.2, 0.25) is 0 Å². The Balaban J connectivity index is 3.16. The Kier molecular flexibility index (Phi) is 24.6. The molecular weight excluding hydrogens is 374 g/mol. The zero-order valence-corrected chi connectivity index (χ0v) is 22.5. The van der Waals surface area contributed by atoms with Gasteiger partial charge in [-0.2, -0.15) is 0 Å². The van der Waals surface area contributed by atoms with Crippen LogP contribution < -0.4 is 0 Å². The van der Waals surface area contributed by atoms with E-state index in [0.717, 1.165) is 6.42 Å². The van der Waals surface area contributed by atoms with Gasteiger partial charge in [0.1, 0.15) is 0 Å². The number of hydrogen-bond acceptors (Lipinski definition) is 0. The average Bonchev–Trinajstić information content (AvgIpc) is 2.75. The van der Waals surface area contributed by atoms with E-state index >= 15 is 0 Å². The number of unbranched alkanes of at least 4 members (excludes halogenated alkanes) is 22. The molecule has 0 aliphatic carbocycles. The Morgan fingerprint density at radius 3 is 0.935 bits per heavy atom. The minimum atomic E-state index is 1.10. The molecule has 0 aliphatic rings. The molecule has 0 spiro atoms. The van der Waals surface area contributed by atoms with Crippen LogP contribution in [0.3, 0.4) is 0 Å². The predicted molar refractivity (Wildman–Crippen MR) is 144 cm³/mol. The first-order valence-corrected chi connectivity index (χ1v) is 14.7. The van der Waals surface area contributed by atoms with E-state index in [2.05, 4.69) is 27.9 Å². The second kappa shape index (κ2) is 24.6. The SMILES string of the molecule is [CH2]CCCCC[N+](C)(C)CCCCCCCCCCCCCCCCCCCCCC. The van der Waals surface area contributed by atoms with Gasteiger partial charge in [0.15, 0.2) is 0 Å². The van der Waals surface area contributed by atoms with Crippen LogP contribution in [0, 0.1) is 6.92 Å². The summed E-state index contributed by atoms with van der Waals surface area (Å²) < 4.78 is 1.22. The molecule has 0 heterocycles. The summed E-state index contributed by atoms with van der Waals surface area (Å²) in [6.07, 6.45) is 34.5. The highest BCUT2D eigenvalue weighted by Crippen LogP contribution is 2.15. The lowest BCUT2D eigenvalue weighted by molar-refractivity contribution is -0.890. The molecule has 0 rings (SSSR count). The second-order valence-corrected chi connectivity index (χ2v) is 11.0. The molecule has 187 valence electrons. The highest BCUT2D eigenvalue weighted by molar-refractivity contribution is 4.51. The van der Waals surface area contributed by atoms with E-state index in [1.165, 1.54) is 165 Å². The Morgan fingerprint density at radius 1 is 0.387 bits per heavy atom. The summed E-state index contributed by atoms with van der Waals surface area (Å²) >= 11 is 0. The lowest BCUT2D eigenvalue weighted by Gasteiger charge is -2.30. The summed E-state index contributed by atoms with van der Waals surface area (Å²) in [6, 6.07) is 0. The normalized spacial score (nSPS) is 12.0. The van der Waals surface area contributed by atoms with Crippen LogP contribution in [-0.2, 0) is 0 Å². The van der Waals surface area contributed by atoms with Gasteiger partial charge in [-0.3, -0.25) is 0 Å². The van der Waals surface area contributed by atoms with Gasteiger partial charge in [0.25, 0.3) is 0 Å². The fourth-order valence-electron chi connectivity index (χ4n) is 4.80. The topological polar surface area (TPSA) is 0 Å². The Bertz CT molecular complexity index is 322. The Morgan fingerprint density at radius 2 is 0.645 bits per heavy atom. The highest BCUT2D eigenvalue weighted by atomic mass is 15.3. The molecule has 0 saturated heterocycles. The second-order valence-electron chi connectivity index (χ2n) is 11.0. The quantitative estimate of drug-likeness (QED) is 0.0932. The van der Waals surface area contributed by atoms with Crippen molar-refractivity contribution in [2.45, 2.75) is 161 Å². The van der Waals surface area contributed by atoms with E-state index in [9.17, 15) is 0 Å². The predicted octanol–water partition coefficient (Wildman–Crippen LogP) is 10.3. The zero-order valence-electron chi connectivity index (χ0n) is 22.5. The summed E-state index contributed by atoms with van der Waals surface area (Å²) in [4.78, 5) is 0. The Hall–Kier alpha value is -0.0400. The molecule has 0 amide bonds. The summed E-state index contributed by atoms with van der Waals surface area (Å²) in [5, 5.41) is 0. The van der Waals surface area contributed by atoms with Gasteiger partial charge in [0.05, 0.1) is 27.2 Å². The van der Waals surface area contributed by atoms with Crippen molar-refractivity contribution in [3.05, 3.63) is 6.92 Å². The molecule has 0 aromatic carbocycles. The van der Waals surface area contributed by atoms with Gasteiger partial charge in [-0.1, -0.05) is 142 Å². The van der Waals surface area contributed by atoms with Gasteiger partial charge in [-0.25, -0.2) is 0 Å². The standard InChI is InChI=1S/C30H63N/c1-5-7-9-11-12-13-14-15-16-17-18-19-20-21-22-23-24-25-26-28-30-31(3,4)29-27-10-8-6-2/h2,5-30H2,1,3-4H3/q+1. The Labute approximate surface area is 199 Å². The van der Waals surface area contributed by atoms with Crippen LogP contribution >= 0.6 is 0 Å². The maximum atomic E-state index is 3.95. The van der Waals surface area contributed by atoms with Gasteiger partial charge >= 0.3 is 0 Å². The van der Waals surface area contributed by atoms with Gasteiger partial charge < -0.3 is 4.48 Å². The van der Waals surface area contributed by atoms with Crippen LogP contribution in [0.25, 0.3) is 0 Å². The van der Waals surface area contributed by atoms with Crippen LogP contribution in [0.4, 0.5) is 0 Å². The molecule has 1 heteroatoms. The summed E-state index contributed by atoms with van der Waals surface area (Å²) in [7, 11) is 4.83. The van der Waals surface area contributed by atoms with Crippen molar-refractivity contribution in [2.75, 3.05) is 27.2 Å². The molecule has 0 N–H and O–H groups in total. The highest BCUT2D eigenvalue weighted by Gasteiger charge is 2.13. The van der Waals surface area contributed by atoms with Crippen molar-refractivity contribution in [2.24, 2.45) is 0 Å². The number of hydrogen-bond donors (Lipinski definition) is 0. The molecule has 0 aliphatic heterocycles. The summed E-state index contributed by atoms with van der Waals surface area (Å²) in [6.45, 7) is 8.96. The fourth-order valence-corrected chi connectivity index (χ4v) is 4.80. The molecule has 1 radical (unpaired) electrons.